The molecule has 0 amide bonds. The van der Waals surface area contributed by atoms with Crippen molar-refractivity contribution >= 4 is 11.6 Å². The van der Waals surface area contributed by atoms with Crippen LogP contribution in [-0.2, 0) is 9.47 Å². The molecule has 6 heteroatoms. The van der Waals surface area contributed by atoms with E-state index < -0.39 is 0 Å². The van der Waals surface area contributed by atoms with Gasteiger partial charge in [0.1, 0.15) is 17.5 Å². The third-order valence-corrected chi connectivity index (χ3v) is 4.13. The normalized spacial score (nSPS) is 25.8. The van der Waals surface area contributed by atoms with Gasteiger partial charge in [-0.05, 0) is 20.8 Å². The molecule has 2 aliphatic rings. The molecule has 0 unspecified atom stereocenters. The number of rotatable bonds is 2. The average Bonchev–Trinajstić information content (AvgIpc) is 2.47. The SMILES string of the molecule is C.Cc1nc(N2CCOC[C@@H]2C)cc(N2CCOC[C@@H]2C)n1. The summed E-state index contributed by atoms with van der Waals surface area (Å²) in [4.78, 5) is 13.9. The standard InChI is InChI=1S/C15H24N4O2.CH4/c1-11-9-20-6-4-18(11)14-8-15(17-13(3)16-14)19-5-7-21-10-12(19)2;/h8,11-12H,4-7,9-10H2,1-3H3;1H4/t11-,12-;/m0./s1. The van der Waals surface area contributed by atoms with Crippen LogP contribution in [0.3, 0.4) is 0 Å². The fraction of sp³-hybridized carbons (Fsp3) is 0.750. The maximum absolute atomic E-state index is 5.52. The molecule has 0 N–H and O–H groups in total. The maximum atomic E-state index is 5.52. The number of hydrogen-bond acceptors (Lipinski definition) is 6. The van der Waals surface area contributed by atoms with Crippen LogP contribution >= 0.6 is 0 Å². The van der Waals surface area contributed by atoms with Crippen LogP contribution in [0, 0.1) is 6.92 Å². The first-order chi connectivity index (χ1) is 10.1. The Bertz CT molecular complexity index is 457. The molecule has 2 fully saturated rings. The number of hydrogen-bond donors (Lipinski definition) is 0. The topological polar surface area (TPSA) is 50.7 Å². The van der Waals surface area contributed by atoms with Gasteiger partial charge in [0.05, 0.1) is 38.5 Å². The summed E-state index contributed by atoms with van der Waals surface area (Å²) >= 11 is 0. The van der Waals surface area contributed by atoms with Crippen LogP contribution in [0.25, 0.3) is 0 Å². The Morgan fingerprint density at radius 1 is 0.955 bits per heavy atom. The fourth-order valence-corrected chi connectivity index (χ4v) is 2.97. The Hall–Kier alpha value is -1.40. The summed E-state index contributed by atoms with van der Waals surface area (Å²) in [6.07, 6.45) is 0. The van der Waals surface area contributed by atoms with Gasteiger partial charge in [0.2, 0.25) is 0 Å². The second-order valence-electron chi connectivity index (χ2n) is 5.87. The van der Waals surface area contributed by atoms with Crippen molar-refractivity contribution in [3.8, 4) is 0 Å². The highest BCUT2D eigenvalue weighted by Crippen LogP contribution is 2.24. The van der Waals surface area contributed by atoms with E-state index in [9.17, 15) is 0 Å². The van der Waals surface area contributed by atoms with Crippen LogP contribution in [0.5, 0.6) is 0 Å². The van der Waals surface area contributed by atoms with Crippen LogP contribution in [0.2, 0.25) is 0 Å². The van der Waals surface area contributed by atoms with E-state index in [0.717, 1.165) is 57.0 Å². The lowest BCUT2D eigenvalue weighted by Gasteiger charge is -2.37. The predicted molar refractivity (Wildman–Crippen MR) is 88.8 cm³/mol. The summed E-state index contributed by atoms with van der Waals surface area (Å²) in [7, 11) is 0. The fourth-order valence-electron chi connectivity index (χ4n) is 2.97. The lowest BCUT2D eigenvalue weighted by Crippen LogP contribution is -2.46. The molecule has 0 spiro atoms. The minimum absolute atomic E-state index is 0. The van der Waals surface area contributed by atoms with E-state index in [1.54, 1.807) is 0 Å². The third-order valence-electron chi connectivity index (χ3n) is 4.13. The van der Waals surface area contributed by atoms with Crippen molar-refractivity contribution in [2.75, 3.05) is 49.3 Å². The van der Waals surface area contributed by atoms with Crippen LogP contribution < -0.4 is 9.80 Å². The Kier molecular flexibility index (Phi) is 5.58. The molecule has 6 nitrogen and oxygen atoms in total. The molecule has 0 bridgehead atoms. The third kappa shape index (κ3) is 3.50. The van der Waals surface area contributed by atoms with Crippen molar-refractivity contribution in [2.24, 2.45) is 0 Å². The first-order valence-corrected chi connectivity index (χ1v) is 7.69. The molecule has 0 radical (unpaired) electrons. The number of aryl methyl sites for hydroxylation is 1. The van der Waals surface area contributed by atoms with Crippen LogP contribution in [0.15, 0.2) is 6.07 Å². The van der Waals surface area contributed by atoms with Crippen LogP contribution in [0.4, 0.5) is 11.6 Å². The van der Waals surface area contributed by atoms with Gasteiger partial charge in [0.15, 0.2) is 0 Å². The lowest BCUT2D eigenvalue weighted by atomic mass is 10.2. The molecule has 0 saturated carbocycles. The van der Waals surface area contributed by atoms with E-state index in [1.165, 1.54) is 0 Å². The molecule has 1 aromatic heterocycles. The molecular weight excluding hydrogens is 280 g/mol. The monoisotopic (exact) mass is 308 g/mol. The quantitative estimate of drug-likeness (QED) is 0.831. The van der Waals surface area contributed by atoms with Gasteiger partial charge in [-0.15, -0.1) is 0 Å². The van der Waals surface area contributed by atoms with Gasteiger partial charge in [-0.2, -0.15) is 0 Å². The van der Waals surface area contributed by atoms with Gasteiger partial charge in [-0.25, -0.2) is 9.97 Å². The highest BCUT2D eigenvalue weighted by atomic mass is 16.5. The molecule has 0 aliphatic carbocycles. The van der Waals surface area contributed by atoms with Crippen molar-refractivity contribution in [1.82, 2.24) is 9.97 Å². The van der Waals surface area contributed by atoms with E-state index in [0.29, 0.717) is 12.1 Å². The minimum atomic E-state index is 0. The number of ether oxygens (including phenoxy) is 2. The van der Waals surface area contributed by atoms with E-state index >= 15 is 0 Å². The molecule has 2 aliphatic heterocycles. The largest absolute Gasteiger partial charge is 0.377 e. The molecule has 124 valence electrons. The van der Waals surface area contributed by atoms with Gasteiger partial charge < -0.3 is 19.3 Å². The second kappa shape index (κ2) is 7.24. The molecule has 1 aromatic rings. The summed E-state index contributed by atoms with van der Waals surface area (Å²) in [6.45, 7) is 11.1. The van der Waals surface area contributed by atoms with Crippen molar-refractivity contribution in [3.05, 3.63) is 11.9 Å². The Labute approximate surface area is 133 Å². The molecule has 3 rings (SSSR count). The molecule has 0 aromatic carbocycles. The Morgan fingerprint density at radius 3 is 1.82 bits per heavy atom. The van der Waals surface area contributed by atoms with Gasteiger partial charge in [0, 0.05) is 19.2 Å². The maximum Gasteiger partial charge on any atom is 0.134 e. The highest BCUT2D eigenvalue weighted by molar-refractivity contribution is 5.52. The van der Waals surface area contributed by atoms with Crippen LogP contribution in [-0.4, -0.2) is 61.6 Å². The van der Waals surface area contributed by atoms with Gasteiger partial charge in [-0.3, -0.25) is 0 Å². The number of nitrogens with zero attached hydrogens (tertiary/aromatic N) is 4. The molecule has 2 saturated heterocycles. The van der Waals surface area contributed by atoms with Gasteiger partial charge in [-0.1, -0.05) is 7.43 Å². The van der Waals surface area contributed by atoms with Crippen molar-refractivity contribution in [3.63, 3.8) is 0 Å². The average molecular weight is 308 g/mol. The molecular formula is C16H28N4O2. The van der Waals surface area contributed by atoms with Crippen molar-refractivity contribution in [2.45, 2.75) is 40.3 Å². The first kappa shape index (κ1) is 17.0. The zero-order valence-corrected chi connectivity index (χ0v) is 13.1. The Balaban J connectivity index is 0.00000176. The number of morpholine rings is 2. The lowest BCUT2D eigenvalue weighted by molar-refractivity contribution is 0.0977. The number of anilines is 2. The summed E-state index contributed by atoms with van der Waals surface area (Å²) in [5.74, 6) is 2.83. The van der Waals surface area contributed by atoms with E-state index in [1.807, 2.05) is 6.92 Å². The van der Waals surface area contributed by atoms with Gasteiger partial charge in [0.25, 0.3) is 0 Å². The summed E-state index contributed by atoms with van der Waals surface area (Å²) in [6, 6.07) is 2.81. The first-order valence-electron chi connectivity index (χ1n) is 7.69. The van der Waals surface area contributed by atoms with Gasteiger partial charge >= 0.3 is 0 Å². The van der Waals surface area contributed by atoms with E-state index in [2.05, 4.69) is 39.7 Å². The van der Waals surface area contributed by atoms with Crippen molar-refractivity contribution in [1.29, 1.82) is 0 Å². The summed E-state index contributed by atoms with van der Waals surface area (Å²) < 4.78 is 11.0. The zero-order chi connectivity index (χ0) is 14.8. The Morgan fingerprint density at radius 2 is 1.41 bits per heavy atom. The van der Waals surface area contributed by atoms with E-state index in [4.69, 9.17) is 9.47 Å². The predicted octanol–water partition coefficient (Wildman–Crippen LogP) is 1.87. The number of aromatic nitrogens is 2. The molecule has 2 atom stereocenters. The minimum Gasteiger partial charge on any atom is -0.377 e. The zero-order valence-electron chi connectivity index (χ0n) is 13.1. The summed E-state index contributed by atoms with van der Waals surface area (Å²) in [5.41, 5.74) is 0. The smallest absolute Gasteiger partial charge is 0.134 e. The van der Waals surface area contributed by atoms with Crippen molar-refractivity contribution < 1.29 is 9.47 Å². The summed E-state index contributed by atoms with van der Waals surface area (Å²) in [5, 5.41) is 0. The van der Waals surface area contributed by atoms with Crippen LogP contribution in [0.1, 0.15) is 27.1 Å². The van der Waals surface area contributed by atoms with E-state index in [-0.39, 0.29) is 7.43 Å². The molecule has 22 heavy (non-hydrogen) atoms. The second-order valence-corrected chi connectivity index (χ2v) is 5.87. The molecule has 3 heterocycles. The highest BCUT2D eigenvalue weighted by Gasteiger charge is 2.24.